The van der Waals surface area contributed by atoms with Gasteiger partial charge in [-0.2, -0.15) is 5.10 Å². The number of rotatable bonds is 4. The van der Waals surface area contributed by atoms with Crippen LogP contribution in [0.2, 0.25) is 0 Å². The summed E-state index contributed by atoms with van der Waals surface area (Å²) < 4.78 is 39.4. The number of benzene rings is 1. The molecule has 122 valence electrons. The van der Waals surface area contributed by atoms with Crippen molar-refractivity contribution >= 4 is 5.82 Å². The number of halogens is 3. The maximum Gasteiger partial charge on any atom is 0.194 e. The lowest BCUT2D eigenvalue weighted by atomic mass is 10.1. The van der Waals surface area contributed by atoms with Crippen molar-refractivity contribution in [2.45, 2.75) is 25.4 Å². The number of nitrogens with one attached hydrogen (secondary N) is 1. The van der Waals surface area contributed by atoms with Crippen molar-refractivity contribution in [1.82, 2.24) is 15.5 Å². The van der Waals surface area contributed by atoms with Gasteiger partial charge in [-0.25, -0.2) is 13.2 Å². The van der Waals surface area contributed by atoms with Crippen molar-refractivity contribution in [2.75, 3.05) is 18.0 Å². The van der Waals surface area contributed by atoms with Crippen LogP contribution in [0.5, 0.6) is 0 Å². The van der Waals surface area contributed by atoms with E-state index in [1.54, 1.807) is 6.20 Å². The lowest BCUT2D eigenvalue weighted by molar-refractivity contribution is 0.414. The first kappa shape index (κ1) is 15.7. The Hall–Kier alpha value is -2.15. The Balaban J connectivity index is 1.60. The van der Waals surface area contributed by atoms with Gasteiger partial charge in [-0.05, 0) is 42.7 Å². The third-order valence-corrected chi connectivity index (χ3v) is 3.94. The summed E-state index contributed by atoms with van der Waals surface area (Å²) >= 11 is 0. The summed E-state index contributed by atoms with van der Waals surface area (Å²) in [6.45, 7) is 1.93. The van der Waals surface area contributed by atoms with E-state index in [0.29, 0.717) is 5.56 Å². The third kappa shape index (κ3) is 3.79. The fraction of sp³-hybridized carbons (Fsp3) is 0.375. The highest BCUT2D eigenvalue weighted by atomic mass is 19.2. The van der Waals surface area contributed by atoms with Gasteiger partial charge in [-0.3, -0.25) is 0 Å². The third-order valence-electron chi connectivity index (χ3n) is 3.94. The SMILES string of the molecule is Fc1cc(CNC2CCCN(c3cccnn3)C2)cc(F)c1F. The zero-order valence-corrected chi connectivity index (χ0v) is 12.5. The molecule has 0 aliphatic carbocycles. The highest BCUT2D eigenvalue weighted by Gasteiger charge is 2.21. The molecule has 1 aliphatic heterocycles. The Morgan fingerprint density at radius 1 is 1.22 bits per heavy atom. The van der Waals surface area contributed by atoms with E-state index >= 15 is 0 Å². The van der Waals surface area contributed by atoms with Crippen LogP contribution in [0.3, 0.4) is 0 Å². The van der Waals surface area contributed by atoms with Crippen molar-refractivity contribution in [3.63, 3.8) is 0 Å². The maximum atomic E-state index is 13.2. The van der Waals surface area contributed by atoms with E-state index in [2.05, 4.69) is 20.4 Å². The van der Waals surface area contributed by atoms with E-state index in [4.69, 9.17) is 0 Å². The minimum Gasteiger partial charge on any atom is -0.354 e. The van der Waals surface area contributed by atoms with E-state index in [0.717, 1.165) is 43.9 Å². The van der Waals surface area contributed by atoms with Crippen LogP contribution in [-0.4, -0.2) is 29.3 Å². The molecule has 23 heavy (non-hydrogen) atoms. The molecule has 1 aromatic carbocycles. The highest BCUT2D eigenvalue weighted by molar-refractivity contribution is 5.37. The van der Waals surface area contributed by atoms with Crippen molar-refractivity contribution < 1.29 is 13.2 Å². The first-order chi connectivity index (χ1) is 11.1. The first-order valence-electron chi connectivity index (χ1n) is 7.53. The zero-order chi connectivity index (χ0) is 16.2. The number of hydrogen-bond donors (Lipinski definition) is 1. The summed E-state index contributed by atoms with van der Waals surface area (Å²) in [5.41, 5.74) is 0.387. The molecule has 1 saturated heterocycles. The maximum absolute atomic E-state index is 13.2. The van der Waals surface area contributed by atoms with Gasteiger partial charge < -0.3 is 10.2 Å². The number of anilines is 1. The molecule has 7 heteroatoms. The molecule has 2 heterocycles. The summed E-state index contributed by atoms with van der Waals surface area (Å²) in [6, 6.07) is 5.95. The second-order valence-electron chi connectivity index (χ2n) is 5.62. The average molecular weight is 322 g/mol. The van der Waals surface area contributed by atoms with Gasteiger partial charge in [0.15, 0.2) is 23.3 Å². The van der Waals surface area contributed by atoms with Crippen LogP contribution >= 0.6 is 0 Å². The predicted molar refractivity (Wildman–Crippen MR) is 80.4 cm³/mol. The van der Waals surface area contributed by atoms with Gasteiger partial charge in [0.1, 0.15) is 0 Å². The Morgan fingerprint density at radius 2 is 2.00 bits per heavy atom. The Morgan fingerprint density at radius 3 is 2.70 bits per heavy atom. The number of piperidine rings is 1. The van der Waals surface area contributed by atoms with Crippen molar-refractivity contribution in [3.05, 3.63) is 53.5 Å². The van der Waals surface area contributed by atoms with E-state index in [-0.39, 0.29) is 12.6 Å². The van der Waals surface area contributed by atoms with Crippen LogP contribution in [0.15, 0.2) is 30.5 Å². The van der Waals surface area contributed by atoms with Gasteiger partial charge in [0.25, 0.3) is 0 Å². The summed E-state index contributed by atoms with van der Waals surface area (Å²) in [7, 11) is 0. The molecule has 1 fully saturated rings. The Labute approximate surface area is 132 Å². The molecule has 0 saturated carbocycles. The molecule has 4 nitrogen and oxygen atoms in total. The largest absolute Gasteiger partial charge is 0.354 e. The standard InChI is InChI=1S/C16H17F3N4/c17-13-7-11(8-14(18)16(13)19)9-20-12-3-2-6-23(10-12)15-4-1-5-21-22-15/h1,4-5,7-8,12,20H,2-3,6,9-10H2. The summed E-state index contributed by atoms with van der Waals surface area (Å²) in [5.74, 6) is -2.93. The van der Waals surface area contributed by atoms with E-state index in [9.17, 15) is 13.2 Å². The molecule has 1 aliphatic rings. The molecule has 1 unspecified atom stereocenters. The average Bonchev–Trinajstić information content (AvgIpc) is 2.59. The minimum atomic E-state index is -1.43. The summed E-state index contributed by atoms with van der Waals surface area (Å²) in [6.07, 6.45) is 3.57. The molecule has 0 amide bonds. The second kappa shape index (κ2) is 6.95. The monoisotopic (exact) mass is 322 g/mol. The molecule has 2 aromatic rings. The molecule has 0 radical (unpaired) electrons. The van der Waals surface area contributed by atoms with Gasteiger partial charge in [-0.1, -0.05) is 0 Å². The van der Waals surface area contributed by atoms with Crippen LogP contribution < -0.4 is 10.2 Å². The first-order valence-corrected chi connectivity index (χ1v) is 7.53. The molecular weight excluding hydrogens is 305 g/mol. The highest BCUT2D eigenvalue weighted by Crippen LogP contribution is 2.18. The van der Waals surface area contributed by atoms with Gasteiger partial charge in [0.05, 0.1) is 0 Å². The fourth-order valence-corrected chi connectivity index (χ4v) is 2.79. The van der Waals surface area contributed by atoms with Crippen molar-refractivity contribution in [1.29, 1.82) is 0 Å². The number of aromatic nitrogens is 2. The van der Waals surface area contributed by atoms with Crippen LogP contribution in [-0.2, 0) is 6.54 Å². The van der Waals surface area contributed by atoms with Crippen LogP contribution in [0.25, 0.3) is 0 Å². The summed E-state index contributed by atoms with van der Waals surface area (Å²) in [5, 5.41) is 11.2. The lowest BCUT2D eigenvalue weighted by Gasteiger charge is -2.33. The van der Waals surface area contributed by atoms with E-state index in [1.165, 1.54) is 0 Å². The van der Waals surface area contributed by atoms with Crippen LogP contribution in [0, 0.1) is 17.5 Å². The van der Waals surface area contributed by atoms with Gasteiger partial charge in [0, 0.05) is 31.9 Å². The van der Waals surface area contributed by atoms with Gasteiger partial charge >= 0.3 is 0 Å². The topological polar surface area (TPSA) is 41.0 Å². The van der Waals surface area contributed by atoms with Gasteiger partial charge in [-0.15, -0.1) is 5.10 Å². The molecular formula is C16H17F3N4. The molecule has 1 aromatic heterocycles. The van der Waals surface area contributed by atoms with E-state index < -0.39 is 17.5 Å². The van der Waals surface area contributed by atoms with Gasteiger partial charge in [0.2, 0.25) is 0 Å². The lowest BCUT2D eigenvalue weighted by Crippen LogP contribution is -2.45. The normalized spacial score (nSPS) is 18.2. The van der Waals surface area contributed by atoms with E-state index in [1.807, 2.05) is 12.1 Å². The Bertz CT molecular complexity index is 643. The van der Waals surface area contributed by atoms with Crippen LogP contribution in [0.4, 0.5) is 19.0 Å². The fourth-order valence-electron chi connectivity index (χ4n) is 2.79. The molecule has 0 bridgehead atoms. The quantitative estimate of drug-likeness (QED) is 0.879. The van der Waals surface area contributed by atoms with Crippen molar-refractivity contribution in [3.8, 4) is 0 Å². The smallest absolute Gasteiger partial charge is 0.194 e. The Kier molecular flexibility index (Phi) is 4.76. The minimum absolute atomic E-state index is 0.168. The van der Waals surface area contributed by atoms with Crippen LogP contribution in [0.1, 0.15) is 18.4 Å². The molecule has 3 rings (SSSR count). The van der Waals surface area contributed by atoms with Crippen molar-refractivity contribution in [2.24, 2.45) is 0 Å². The summed E-state index contributed by atoms with van der Waals surface area (Å²) in [4.78, 5) is 2.12. The molecule has 1 atom stereocenters. The zero-order valence-electron chi connectivity index (χ0n) is 12.5. The molecule has 1 N–H and O–H groups in total. The molecule has 0 spiro atoms. The number of nitrogens with zero attached hydrogens (tertiary/aromatic N) is 3. The number of hydrogen-bond acceptors (Lipinski definition) is 4. The second-order valence-corrected chi connectivity index (χ2v) is 5.62. The predicted octanol–water partition coefficient (Wildman–Crippen LogP) is 2.65.